The number of rotatable bonds is 2. The van der Waals surface area contributed by atoms with E-state index in [2.05, 4.69) is 71.4 Å². The topological polar surface area (TPSA) is 83.6 Å². The molecule has 8 nitrogen and oxygen atoms in total. The number of pyridine rings is 3. The molecule has 0 bridgehead atoms. The van der Waals surface area contributed by atoms with Gasteiger partial charge >= 0.3 is 0 Å². The van der Waals surface area contributed by atoms with E-state index in [1.54, 1.807) is 12.4 Å². The summed E-state index contributed by atoms with van der Waals surface area (Å²) in [6.07, 6.45) is 14.8. The van der Waals surface area contributed by atoms with Crippen molar-refractivity contribution in [2.24, 2.45) is 5.10 Å². The third-order valence-electron chi connectivity index (χ3n) is 4.66. The van der Waals surface area contributed by atoms with Crippen molar-refractivity contribution < 1.29 is 21.1 Å². The van der Waals surface area contributed by atoms with E-state index in [4.69, 9.17) is 0 Å². The molecule has 0 spiro atoms. The number of hydrogen-bond acceptors (Lipinski definition) is 7. The average Bonchev–Trinajstić information content (AvgIpc) is 3.51. The molecule has 0 aliphatic carbocycles. The summed E-state index contributed by atoms with van der Waals surface area (Å²) >= 11 is 3.37. The van der Waals surface area contributed by atoms with Crippen molar-refractivity contribution in [3.8, 4) is 11.5 Å². The third-order valence-corrected chi connectivity index (χ3v) is 5.13. The molecule has 1 unspecified atom stereocenters. The molecule has 0 amide bonds. The van der Waals surface area contributed by atoms with Crippen LogP contribution in [0, 0.1) is 0 Å². The molecule has 1 atom stereocenters. The summed E-state index contributed by atoms with van der Waals surface area (Å²) in [6.45, 7) is 4.25. The first-order chi connectivity index (χ1) is 16.7. The molecular formula is C25H25BrN8Pt. The number of hydrogen-bond donors (Lipinski definition) is 1. The predicted molar refractivity (Wildman–Crippen MR) is 138 cm³/mol. The van der Waals surface area contributed by atoms with Crippen LogP contribution in [-0.2, 0) is 21.1 Å². The largest absolute Gasteiger partial charge is 0.304 e. The standard InChI is InChI=1S/C11H9BrN4.C11H8N4.C3H8.Pt/c12-8-4-5-9(13-7-8)11-15-14-10-3-1-2-6-16(10)11;1-3-7-12-9(5-1)11-14-13-10-6-2-4-8-15(10)11;1-3-2;/h1-7,10,14H;1-8H;3H2,1-2H3;. The van der Waals surface area contributed by atoms with E-state index in [0.717, 1.165) is 33.2 Å². The van der Waals surface area contributed by atoms with Crippen molar-refractivity contribution in [2.75, 3.05) is 0 Å². The van der Waals surface area contributed by atoms with E-state index < -0.39 is 0 Å². The van der Waals surface area contributed by atoms with Gasteiger partial charge in [0.2, 0.25) is 0 Å². The number of fused-ring (bicyclic) bond motifs is 2. The quantitative estimate of drug-likeness (QED) is 0.315. The Bertz CT molecular complexity index is 1300. The Labute approximate surface area is 227 Å². The number of hydrazone groups is 1. The monoisotopic (exact) mass is 711 g/mol. The molecular weight excluding hydrogens is 687 g/mol. The summed E-state index contributed by atoms with van der Waals surface area (Å²) < 4.78 is 2.89. The number of aromatic nitrogens is 5. The zero-order chi connectivity index (χ0) is 23.8. The van der Waals surface area contributed by atoms with Crippen molar-refractivity contribution >= 4 is 27.4 Å². The van der Waals surface area contributed by atoms with Gasteiger partial charge in [0, 0.05) is 50.3 Å². The molecule has 182 valence electrons. The minimum Gasteiger partial charge on any atom is -0.304 e. The van der Waals surface area contributed by atoms with Gasteiger partial charge in [0.05, 0.1) is 0 Å². The Morgan fingerprint density at radius 2 is 1.77 bits per heavy atom. The molecule has 6 rings (SSSR count). The molecule has 4 aromatic rings. The SMILES string of the molecule is Brc1ccc(C2=NNC3C=CC=CN23)nc1.CCC.[Pt].c1ccc(-c2nnc3ccccn23)nc1. The van der Waals surface area contributed by atoms with E-state index in [1.807, 2.05) is 77.5 Å². The molecule has 2 aliphatic heterocycles. The molecule has 35 heavy (non-hydrogen) atoms. The smallest absolute Gasteiger partial charge is 0.186 e. The first kappa shape index (κ1) is 26.4. The molecule has 4 aromatic heterocycles. The second-order valence-corrected chi connectivity index (χ2v) is 8.29. The normalized spacial score (nSPS) is 15.0. The summed E-state index contributed by atoms with van der Waals surface area (Å²) in [4.78, 5) is 10.6. The number of nitrogens with zero attached hydrogens (tertiary/aromatic N) is 7. The average molecular weight is 713 g/mol. The fraction of sp³-hybridized carbons (Fsp3) is 0.160. The van der Waals surface area contributed by atoms with E-state index >= 15 is 0 Å². The van der Waals surface area contributed by atoms with Crippen LogP contribution in [-0.4, -0.2) is 41.5 Å². The van der Waals surface area contributed by atoms with Gasteiger partial charge in [0.25, 0.3) is 0 Å². The molecule has 10 heteroatoms. The van der Waals surface area contributed by atoms with Crippen molar-refractivity contribution in [3.63, 3.8) is 0 Å². The van der Waals surface area contributed by atoms with Gasteiger partial charge in [0.15, 0.2) is 17.3 Å². The number of nitrogens with one attached hydrogen (secondary N) is 1. The van der Waals surface area contributed by atoms with Gasteiger partial charge in [-0.2, -0.15) is 5.10 Å². The Balaban J connectivity index is 0.000000172. The van der Waals surface area contributed by atoms with Crippen LogP contribution in [0.1, 0.15) is 26.0 Å². The van der Waals surface area contributed by atoms with Gasteiger partial charge in [0.1, 0.15) is 17.6 Å². The minimum atomic E-state index is 0. The van der Waals surface area contributed by atoms with Crippen LogP contribution in [0.15, 0.2) is 101 Å². The maximum absolute atomic E-state index is 4.33. The molecule has 0 aromatic carbocycles. The molecule has 0 saturated carbocycles. The van der Waals surface area contributed by atoms with Crippen LogP contribution in [0.2, 0.25) is 0 Å². The summed E-state index contributed by atoms with van der Waals surface area (Å²) in [5, 5.41) is 12.5. The van der Waals surface area contributed by atoms with Crippen LogP contribution >= 0.6 is 15.9 Å². The zero-order valence-corrected chi connectivity index (χ0v) is 23.1. The predicted octanol–water partition coefficient (Wildman–Crippen LogP) is 5.03. The van der Waals surface area contributed by atoms with Crippen LogP contribution < -0.4 is 5.43 Å². The molecule has 0 radical (unpaired) electrons. The van der Waals surface area contributed by atoms with Crippen LogP contribution in [0.4, 0.5) is 0 Å². The van der Waals surface area contributed by atoms with Crippen molar-refractivity contribution in [3.05, 3.63) is 102 Å². The Morgan fingerprint density at radius 1 is 0.943 bits per heavy atom. The molecule has 2 aliphatic rings. The fourth-order valence-electron chi connectivity index (χ4n) is 3.20. The maximum Gasteiger partial charge on any atom is 0.186 e. The van der Waals surface area contributed by atoms with Gasteiger partial charge in [-0.05, 0) is 64.5 Å². The second kappa shape index (κ2) is 13.1. The molecule has 1 N–H and O–H groups in total. The van der Waals surface area contributed by atoms with E-state index in [9.17, 15) is 0 Å². The fourth-order valence-corrected chi connectivity index (χ4v) is 3.43. The zero-order valence-electron chi connectivity index (χ0n) is 19.3. The second-order valence-electron chi connectivity index (χ2n) is 7.38. The van der Waals surface area contributed by atoms with Gasteiger partial charge in [-0.15, -0.1) is 10.2 Å². The minimum absolute atomic E-state index is 0. The first-order valence-electron chi connectivity index (χ1n) is 11.0. The van der Waals surface area contributed by atoms with Crippen molar-refractivity contribution in [1.29, 1.82) is 0 Å². The number of allylic oxidation sites excluding steroid dienone is 2. The Hall–Kier alpha value is -3.16. The van der Waals surface area contributed by atoms with Crippen LogP contribution in [0.3, 0.4) is 0 Å². The molecule has 0 saturated heterocycles. The Morgan fingerprint density at radius 3 is 2.51 bits per heavy atom. The van der Waals surface area contributed by atoms with Crippen molar-refractivity contribution in [2.45, 2.75) is 26.4 Å². The summed E-state index contributed by atoms with van der Waals surface area (Å²) in [5.74, 6) is 1.62. The van der Waals surface area contributed by atoms with Crippen LogP contribution in [0.25, 0.3) is 17.2 Å². The van der Waals surface area contributed by atoms with Crippen LogP contribution in [0.5, 0.6) is 0 Å². The molecule has 6 heterocycles. The summed E-state index contributed by atoms with van der Waals surface area (Å²) in [6, 6.07) is 15.4. The van der Waals surface area contributed by atoms with E-state index in [1.165, 1.54) is 6.42 Å². The summed E-state index contributed by atoms with van der Waals surface area (Å²) in [7, 11) is 0. The maximum atomic E-state index is 4.33. The van der Waals surface area contributed by atoms with E-state index in [-0.39, 0.29) is 27.2 Å². The number of amidine groups is 1. The van der Waals surface area contributed by atoms with Gasteiger partial charge in [-0.25, -0.2) is 0 Å². The molecule has 0 fully saturated rings. The Kier molecular flexibility index (Phi) is 9.87. The van der Waals surface area contributed by atoms with Gasteiger partial charge < -0.3 is 4.90 Å². The van der Waals surface area contributed by atoms with Gasteiger partial charge in [-0.1, -0.05) is 38.5 Å². The number of halogens is 1. The first-order valence-corrected chi connectivity index (χ1v) is 11.8. The van der Waals surface area contributed by atoms with E-state index in [0.29, 0.717) is 0 Å². The third kappa shape index (κ3) is 6.50. The summed E-state index contributed by atoms with van der Waals surface area (Å²) in [5.41, 5.74) is 5.57. The van der Waals surface area contributed by atoms with Gasteiger partial charge in [-0.3, -0.25) is 19.8 Å². The van der Waals surface area contributed by atoms with Crippen molar-refractivity contribution in [1.82, 2.24) is 34.9 Å².